The molecule has 18 heavy (non-hydrogen) atoms. The van der Waals surface area contributed by atoms with Gasteiger partial charge in [0, 0.05) is 6.04 Å². The van der Waals surface area contributed by atoms with Crippen molar-refractivity contribution in [2.24, 2.45) is 5.92 Å². The molecule has 1 fully saturated rings. The standard InChI is InChI=1S/C11H18F5NO/c1-2-17(6-10(12)13)9-5-7(18)3-4-8(9)11(14,15)16/h7-10,18H,2-6H2,1H3. The Balaban J connectivity index is 2.82. The molecule has 0 heterocycles. The Kier molecular flexibility index (Phi) is 5.33. The molecule has 3 unspecified atom stereocenters. The van der Waals surface area contributed by atoms with Gasteiger partial charge in [-0.2, -0.15) is 13.2 Å². The Labute approximate surface area is 103 Å². The Morgan fingerprint density at radius 3 is 2.33 bits per heavy atom. The number of halogens is 5. The fourth-order valence-electron chi connectivity index (χ4n) is 2.59. The Hall–Kier alpha value is -0.430. The molecule has 0 radical (unpaired) electrons. The molecule has 1 N–H and O–H groups in total. The fourth-order valence-corrected chi connectivity index (χ4v) is 2.59. The van der Waals surface area contributed by atoms with E-state index in [1.54, 1.807) is 6.92 Å². The second kappa shape index (κ2) is 6.14. The molecule has 108 valence electrons. The van der Waals surface area contributed by atoms with E-state index in [-0.39, 0.29) is 25.8 Å². The van der Waals surface area contributed by atoms with Crippen LogP contribution in [0.25, 0.3) is 0 Å². The second-order valence-corrected chi connectivity index (χ2v) is 4.66. The molecular weight excluding hydrogens is 257 g/mol. The van der Waals surface area contributed by atoms with Gasteiger partial charge in [-0.3, -0.25) is 4.90 Å². The maximum Gasteiger partial charge on any atom is 0.393 e. The first-order chi connectivity index (χ1) is 8.25. The summed E-state index contributed by atoms with van der Waals surface area (Å²) in [5.41, 5.74) is 0. The van der Waals surface area contributed by atoms with Gasteiger partial charge >= 0.3 is 6.18 Å². The minimum atomic E-state index is -4.40. The van der Waals surface area contributed by atoms with Crippen molar-refractivity contribution in [2.45, 2.75) is 50.9 Å². The van der Waals surface area contributed by atoms with Crippen LogP contribution in [-0.2, 0) is 0 Å². The molecule has 0 saturated heterocycles. The number of rotatable bonds is 4. The molecule has 0 bridgehead atoms. The summed E-state index contributed by atoms with van der Waals surface area (Å²) in [4.78, 5) is 1.13. The average Bonchev–Trinajstić information content (AvgIpc) is 2.23. The van der Waals surface area contributed by atoms with Gasteiger partial charge < -0.3 is 5.11 Å². The first kappa shape index (κ1) is 15.6. The third-order valence-corrected chi connectivity index (χ3v) is 3.46. The lowest BCUT2D eigenvalue weighted by Gasteiger charge is -2.41. The van der Waals surface area contributed by atoms with Crippen LogP contribution in [0.2, 0.25) is 0 Å². The van der Waals surface area contributed by atoms with Gasteiger partial charge in [0.2, 0.25) is 0 Å². The lowest BCUT2D eigenvalue weighted by molar-refractivity contribution is -0.206. The maximum atomic E-state index is 12.9. The van der Waals surface area contributed by atoms with Gasteiger partial charge in [0.25, 0.3) is 6.43 Å². The minimum Gasteiger partial charge on any atom is -0.393 e. The zero-order valence-electron chi connectivity index (χ0n) is 10.1. The van der Waals surface area contributed by atoms with E-state index in [0.717, 1.165) is 4.90 Å². The average molecular weight is 275 g/mol. The van der Waals surface area contributed by atoms with E-state index in [1.165, 1.54) is 0 Å². The van der Waals surface area contributed by atoms with Crippen LogP contribution in [0.5, 0.6) is 0 Å². The lowest BCUT2D eigenvalue weighted by atomic mass is 9.81. The SMILES string of the molecule is CCN(CC(F)F)C1CC(O)CCC1C(F)(F)F. The van der Waals surface area contributed by atoms with Crippen LogP contribution >= 0.6 is 0 Å². The summed E-state index contributed by atoms with van der Waals surface area (Å²) in [5.74, 6) is -1.63. The van der Waals surface area contributed by atoms with Crippen molar-refractivity contribution in [3.63, 3.8) is 0 Å². The molecule has 0 aromatic carbocycles. The number of hydrogen-bond acceptors (Lipinski definition) is 2. The third kappa shape index (κ3) is 4.05. The molecular formula is C11H18F5NO. The van der Waals surface area contributed by atoms with Gasteiger partial charge in [-0.05, 0) is 25.8 Å². The van der Waals surface area contributed by atoms with Gasteiger partial charge in [0.15, 0.2) is 0 Å². The van der Waals surface area contributed by atoms with Gasteiger partial charge in [-0.15, -0.1) is 0 Å². The number of aliphatic hydroxyl groups excluding tert-OH is 1. The summed E-state index contributed by atoms with van der Waals surface area (Å²) in [6.45, 7) is 0.992. The lowest BCUT2D eigenvalue weighted by Crippen LogP contribution is -2.51. The van der Waals surface area contributed by atoms with Crippen molar-refractivity contribution in [1.82, 2.24) is 4.90 Å². The predicted molar refractivity (Wildman–Crippen MR) is 56.4 cm³/mol. The highest BCUT2D eigenvalue weighted by atomic mass is 19.4. The largest absolute Gasteiger partial charge is 0.393 e. The molecule has 7 heteroatoms. The number of aliphatic hydroxyl groups is 1. The summed E-state index contributed by atoms with van der Waals surface area (Å²) >= 11 is 0. The van der Waals surface area contributed by atoms with Gasteiger partial charge in [0.05, 0.1) is 18.6 Å². The van der Waals surface area contributed by atoms with E-state index in [1.807, 2.05) is 0 Å². The molecule has 0 aromatic heterocycles. The summed E-state index contributed by atoms with van der Waals surface area (Å²) in [5, 5.41) is 9.46. The highest BCUT2D eigenvalue weighted by Crippen LogP contribution is 2.40. The number of nitrogens with zero attached hydrogens (tertiary/aromatic N) is 1. The smallest absolute Gasteiger partial charge is 0.393 e. The van der Waals surface area contributed by atoms with Crippen molar-refractivity contribution in [3.8, 4) is 0 Å². The topological polar surface area (TPSA) is 23.5 Å². The summed E-state index contributed by atoms with van der Waals surface area (Å²) in [6, 6.07) is -1.05. The molecule has 1 rings (SSSR count). The molecule has 1 aliphatic carbocycles. The monoisotopic (exact) mass is 275 g/mol. The van der Waals surface area contributed by atoms with Crippen LogP contribution in [-0.4, -0.2) is 47.8 Å². The summed E-state index contributed by atoms with van der Waals surface area (Å²) in [6.07, 6.45) is -8.12. The van der Waals surface area contributed by atoms with Crippen LogP contribution < -0.4 is 0 Å². The van der Waals surface area contributed by atoms with E-state index < -0.39 is 37.2 Å². The van der Waals surface area contributed by atoms with Crippen molar-refractivity contribution >= 4 is 0 Å². The quantitative estimate of drug-likeness (QED) is 0.797. The van der Waals surface area contributed by atoms with Crippen LogP contribution in [0.15, 0.2) is 0 Å². The van der Waals surface area contributed by atoms with E-state index in [0.29, 0.717) is 0 Å². The van der Waals surface area contributed by atoms with Crippen molar-refractivity contribution in [1.29, 1.82) is 0 Å². The fraction of sp³-hybridized carbons (Fsp3) is 1.00. The van der Waals surface area contributed by atoms with Crippen molar-refractivity contribution in [3.05, 3.63) is 0 Å². The van der Waals surface area contributed by atoms with Crippen molar-refractivity contribution in [2.75, 3.05) is 13.1 Å². The third-order valence-electron chi connectivity index (χ3n) is 3.46. The van der Waals surface area contributed by atoms with E-state index in [9.17, 15) is 27.1 Å². The zero-order valence-corrected chi connectivity index (χ0v) is 10.1. The number of hydrogen-bond donors (Lipinski definition) is 1. The number of alkyl halides is 5. The van der Waals surface area contributed by atoms with Crippen LogP contribution in [0.4, 0.5) is 22.0 Å². The van der Waals surface area contributed by atoms with E-state index >= 15 is 0 Å². The van der Waals surface area contributed by atoms with Gasteiger partial charge in [-0.1, -0.05) is 6.92 Å². The summed E-state index contributed by atoms with van der Waals surface area (Å²) in [7, 11) is 0. The molecule has 0 aliphatic heterocycles. The molecule has 3 atom stereocenters. The second-order valence-electron chi connectivity index (χ2n) is 4.66. The van der Waals surface area contributed by atoms with Crippen molar-refractivity contribution < 1.29 is 27.1 Å². The molecule has 0 amide bonds. The van der Waals surface area contributed by atoms with Crippen LogP contribution in [0.1, 0.15) is 26.2 Å². The van der Waals surface area contributed by atoms with E-state index in [4.69, 9.17) is 0 Å². The highest BCUT2D eigenvalue weighted by molar-refractivity contribution is 4.90. The normalized spacial score (nSPS) is 30.2. The summed E-state index contributed by atoms with van der Waals surface area (Å²) < 4.78 is 63.3. The molecule has 1 saturated carbocycles. The van der Waals surface area contributed by atoms with Gasteiger partial charge in [0.1, 0.15) is 0 Å². The Morgan fingerprint density at radius 2 is 1.89 bits per heavy atom. The van der Waals surface area contributed by atoms with Crippen LogP contribution in [0.3, 0.4) is 0 Å². The Bertz CT molecular complexity index is 258. The molecule has 0 aromatic rings. The van der Waals surface area contributed by atoms with Crippen LogP contribution in [0, 0.1) is 5.92 Å². The zero-order chi connectivity index (χ0) is 13.9. The predicted octanol–water partition coefficient (Wildman–Crippen LogP) is 2.67. The molecule has 0 spiro atoms. The minimum absolute atomic E-state index is 0.0763. The maximum absolute atomic E-state index is 12.9. The Morgan fingerprint density at radius 1 is 1.28 bits per heavy atom. The molecule has 2 nitrogen and oxygen atoms in total. The highest BCUT2D eigenvalue weighted by Gasteiger charge is 2.48. The first-order valence-electron chi connectivity index (χ1n) is 6.02. The van der Waals surface area contributed by atoms with Gasteiger partial charge in [-0.25, -0.2) is 8.78 Å². The van der Waals surface area contributed by atoms with E-state index in [2.05, 4.69) is 0 Å². The molecule has 1 aliphatic rings. The first-order valence-corrected chi connectivity index (χ1v) is 6.02.